The first-order valence-corrected chi connectivity index (χ1v) is 8.20. The second-order valence-corrected chi connectivity index (χ2v) is 6.06. The molecule has 120 valence electrons. The number of likely N-dealkylation sites (tertiary alicyclic amines) is 1. The minimum absolute atomic E-state index is 0.179. The number of hydrogen-bond acceptors (Lipinski definition) is 3. The summed E-state index contributed by atoms with van der Waals surface area (Å²) in [4.78, 5) is 29.5. The van der Waals surface area contributed by atoms with Crippen LogP contribution < -0.4 is 5.32 Å². The monoisotopic (exact) mass is 343 g/mol. The Morgan fingerprint density at radius 3 is 2.91 bits per heavy atom. The van der Waals surface area contributed by atoms with Crippen LogP contribution in [0.4, 0.5) is 0 Å². The maximum absolute atomic E-state index is 11.9. The fourth-order valence-corrected chi connectivity index (χ4v) is 2.66. The first kappa shape index (κ1) is 17.0. The highest BCUT2D eigenvalue weighted by atomic mass is 35.5. The Balaban J connectivity index is 1.74. The van der Waals surface area contributed by atoms with Crippen LogP contribution in [0.2, 0.25) is 10.2 Å². The van der Waals surface area contributed by atoms with Gasteiger partial charge in [-0.05, 0) is 25.3 Å². The number of carbonyl (C=O) groups is 2. The van der Waals surface area contributed by atoms with Crippen molar-refractivity contribution in [3.8, 4) is 0 Å². The van der Waals surface area contributed by atoms with Gasteiger partial charge in [0, 0.05) is 32.3 Å². The SMILES string of the molecule is O=C(NCCCN1CCCCCC1=O)c1cnc(Cl)c(Cl)c1. The van der Waals surface area contributed by atoms with Crippen molar-refractivity contribution in [2.45, 2.75) is 32.1 Å². The molecule has 0 bridgehead atoms. The molecule has 2 amide bonds. The summed E-state index contributed by atoms with van der Waals surface area (Å²) in [6.45, 7) is 2.01. The van der Waals surface area contributed by atoms with Gasteiger partial charge >= 0.3 is 0 Å². The molecule has 0 saturated carbocycles. The van der Waals surface area contributed by atoms with Gasteiger partial charge in [0.05, 0.1) is 10.6 Å². The number of hydrogen-bond donors (Lipinski definition) is 1. The van der Waals surface area contributed by atoms with E-state index >= 15 is 0 Å². The summed E-state index contributed by atoms with van der Waals surface area (Å²) < 4.78 is 0. The summed E-state index contributed by atoms with van der Waals surface area (Å²) in [7, 11) is 0. The van der Waals surface area contributed by atoms with E-state index < -0.39 is 0 Å². The Morgan fingerprint density at radius 2 is 2.14 bits per heavy atom. The molecule has 1 aliphatic heterocycles. The summed E-state index contributed by atoms with van der Waals surface area (Å²) in [5, 5.41) is 3.23. The lowest BCUT2D eigenvalue weighted by Crippen LogP contribution is -2.34. The van der Waals surface area contributed by atoms with Crippen molar-refractivity contribution in [1.82, 2.24) is 15.2 Å². The largest absolute Gasteiger partial charge is 0.352 e. The third-order valence-corrected chi connectivity index (χ3v) is 4.31. The average molecular weight is 344 g/mol. The van der Waals surface area contributed by atoms with Crippen LogP contribution in [0.25, 0.3) is 0 Å². The van der Waals surface area contributed by atoms with E-state index in [0.29, 0.717) is 25.1 Å². The predicted octanol–water partition coefficient (Wildman–Crippen LogP) is 2.91. The third-order valence-electron chi connectivity index (χ3n) is 3.62. The van der Waals surface area contributed by atoms with Crippen LogP contribution in [-0.2, 0) is 4.79 Å². The molecule has 1 saturated heterocycles. The van der Waals surface area contributed by atoms with Gasteiger partial charge in [-0.2, -0.15) is 0 Å². The predicted molar refractivity (Wildman–Crippen MR) is 86.3 cm³/mol. The summed E-state index contributed by atoms with van der Waals surface area (Å²) in [5.41, 5.74) is 0.375. The minimum atomic E-state index is -0.242. The number of halogens is 2. The third kappa shape index (κ3) is 4.85. The van der Waals surface area contributed by atoms with Gasteiger partial charge in [-0.3, -0.25) is 9.59 Å². The smallest absolute Gasteiger partial charge is 0.252 e. The van der Waals surface area contributed by atoms with Gasteiger partial charge in [0.25, 0.3) is 5.91 Å². The molecular formula is C15H19Cl2N3O2. The molecule has 5 nitrogen and oxygen atoms in total. The Kier molecular flexibility index (Phi) is 6.46. The summed E-state index contributed by atoms with van der Waals surface area (Å²) in [5.74, 6) is -0.0224. The summed E-state index contributed by atoms with van der Waals surface area (Å²) in [6, 6.07) is 1.49. The zero-order valence-electron chi connectivity index (χ0n) is 12.3. The van der Waals surface area contributed by atoms with Crippen LogP contribution in [0.1, 0.15) is 42.5 Å². The van der Waals surface area contributed by atoms with Crippen LogP contribution in [0.15, 0.2) is 12.3 Å². The number of carbonyl (C=O) groups excluding carboxylic acids is 2. The molecular weight excluding hydrogens is 325 g/mol. The van der Waals surface area contributed by atoms with Crippen LogP contribution in [0.5, 0.6) is 0 Å². The number of aromatic nitrogens is 1. The number of nitrogens with zero attached hydrogens (tertiary/aromatic N) is 2. The van der Waals surface area contributed by atoms with E-state index in [0.717, 1.165) is 32.2 Å². The molecule has 1 N–H and O–H groups in total. The summed E-state index contributed by atoms with van der Waals surface area (Å²) >= 11 is 11.5. The van der Waals surface area contributed by atoms with Crippen molar-refractivity contribution >= 4 is 35.0 Å². The van der Waals surface area contributed by atoms with E-state index in [1.165, 1.54) is 12.3 Å². The Labute approximate surface area is 140 Å². The Bertz CT molecular complexity index is 552. The van der Waals surface area contributed by atoms with Gasteiger partial charge in [-0.15, -0.1) is 0 Å². The van der Waals surface area contributed by atoms with E-state index in [1.54, 1.807) is 0 Å². The molecule has 2 rings (SSSR count). The molecule has 0 atom stereocenters. The number of nitrogens with one attached hydrogen (secondary N) is 1. The van der Waals surface area contributed by atoms with E-state index in [2.05, 4.69) is 10.3 Å². The highest BCUT2D eigenvalue weighted by molar-refractivity contribution is 6.41. The highest BCUT2D eigenvalue weighted by Gasteiger charge is 2.16. The zero-order valence-corrected chi connectivity index (χ0v) is 13.8. The highest BCUT2D eigenvalue weighted by Crippen LogP contribution is 2.19. The topological polar surface area (TPSA) is 62.3 Å². The molecule has 0 radical (unpaired) electrons. The van der Waals surface area contributed by atoms with Gasteiger partial charge < -0.3 is 10.2 Å². The second-order valence-electron chi connectivity index (χ2n) is 5.30. The first-order valence-electron chi connectivity index (χ1n) is 7.45. The van der Waals surface area contributed by atoms with Crippen LogP contribution >= 0.6 is 23.2 Å². The summed E-state index contributed by atoms with van der Waals surface area (Å²) in [6.07, 6.45) is 5.92. The van der Waals surface area contributed by atoms with Crippen molar-refractivity contribution < 1.29 is 9.59 Å². The molecule has 0 aromatic carbocycles. The molecule has 1 fully saturated rings. The molecule has 7 heteroatoms. The second kappa shape index (κ2) is 8.34. The minimum Gasteiger partial charge on any atom is -0.352 e. The molecule has 0 unspecified atom stereocenters. The van der Waals surface area contributed by atoms with Crippen molar-refractivity contribution in [3.63, 3.8) is 0 Å². The molecule has 1 aliphatic rings. The fourth-order valence-electron chi connectivity index (χ4n) is 2.39. The molecule has 0 spiro atoms. The van der Waals surface area contributed by atoms with Gasteiger partial charge in [0.15, 0.2) is 0 Å². The number of amides is 2. The molecule has 0 aliphatic carbocycles. The van der Waals surface area contributed by atoms with Crippen LogP contribution in [0.3, 0.4) is 0 Å². The van der Waals surface area contributed by atoms with Gasteiger partial charge in [-0.1, -0.05) is 29.6 Å². The van der Waals surface area contributed by atoms with E-state index in [9.17, 15) is 9.59 Å². The lowest BCUT2D eigenvalue weighted by atomic mass is 10.2. The van der Waals surface area contributed by atoms with Crippen molar-refractivity contribution in [2.75, 3.05) is 19.6 Å². The molecule has 1 aromatic rings. The lowest BCUT2D eigenvalue weighted by molar-refractivity contribution is -0.130. The van der Waals surface area contributed by atoms with E-state index in [4.69, 9.17) is 23.2 Å². The quantitative estimate of drug-likeness (QED) is 0.660. The van der Waals surface area contributed by atoms with Crippen LogP contribution in [0, 0.1) is 0 Å². The maximum atomic E-state index is 11.9. The van der Waals surface area contributed by atoms with Gasteiger partial charge in [-0.25, -0.2) is 4.98 Å². The normalized spacial score (nSPS) is 15.5. The van der Waals surface area contributed by atoms with E-state index in [-0.39, 0.29) is 22.0 Å². The Morgan fingerprint density at radius 1 is 1.32 bits per heavy atom. The standard InChI is InChI=1S/C15H19Cl2N3O2/c16-12-9-11(10-19-14(12)17)15(22)18-6-4-8-20-7-3-1-2-5-13(20)21/h9-10H,1-8H2,(H,18,22). The molecule has 1 aromatic heterocycles. The number of pyridine rings is 1. The van der Waals surface area contributed by atoms with Gasteiger partial charge in [0.1, 0.15) is 5.15 Å². The molecule has 22 heavy (non-hydrogen) atoms. The lowest BCUT2D eigenvalue weighted by Gasteiger charge is -2.20. The zero-order chi connectivity index (χ0) is 15.9. The average Bonchev–Trinajstić information content (AvgIpc) is 2.71. The first-order chi connectivity index (χ1) is 10.6. The Hall–Kier alpha value is -1.33. The van der Waals surface area contributed by atoms with Crippen molar-refractivity contribution in [2.24, 2.45) is 0 Å². The van der Waals surface area contributed by atoms with E-state index in [1.807, 2.05) is 4.90 Å². The van der Waals surface area contributed by atoms with Gasteiger partial charge in [0.2, 0.25) is 5.91 Å². The van der Waals surface area contributed by atoms with Crippen molar-refractivity contribution in [1.29, 1.82) is 0 Å². The fraction of sp³-hybridized carbons (Fsp3) is 0.533. The van der Waals surface area contributed by atoms with Crippen molar-refractivity contribution in [3.05, 3.63) is 28.0 Å². The maximum Gasteiger partial charge on any atom is 0.252 e. The molecule has 2 heterocycles. The number of rotatable bonds is 5. The van der Waals surface area contributed by atoms with Crippen LogP contribution in [-0.4, -0.2) is 41.3 Å².